The summed E-state index contributed by atoms with van der Waals surface area (Å²) in [5, 5.41) is 5.06. The van der Waals surface area contributed by atoms with Gasteiger partial charge in [0.25, 0.3) is 5.91 Å². The lowest BCUT2D eigenvalue weighted by Crippen LogP contribution is -2.43. The maximum absolute atomic E-state index is 13.1. The number of hydrogen-bond acceptors (Lipinski definition) is 4. The number of nitrogens with zero attached hydrogens (tertiary/aromatic N) is 1. The van der Waals surface area contributed by atoms with Crippen molar-refractivity contribution < 1.29 is 13.9 Å². The number of halogens is 2. The van der Waals surface area contributed by atoms with Gasteiger partial charge in [0.2, 0.25) is 0 Å². The van der Waals surface area contributed by atoms with Crippen LogP contribution in [0, 0.1) is 5.82 Å². The van der Waals surface area contributed by atoms with Gasteiger partial charge in [0.1, 0.15) is 11.6 Å². The van der Waals surface area contributed by atoms with Crippen LogP contribution in [-0.4, -0.2) is 21.9 Å². The number of benzene rings is 1. The molecule has 2 atom stereocenters. The molecule has 1 aliphatic rings. The van der Waals surface area contributed by atoms with Crippen LogP contribution in [0.5, 0.6) is 0 Å². The largest absolute Gasteiger partial charge is 0.478 e. The molecule has 2 aromatic rings. The third kappa shape index (κ3) is 5.40. The number of ether oxygens (including phenoxy) is 1. The summed E-state index contributed by atoms with van der Waals surface area (Å²) in [5.41, 5.74) is -0.183. The highest BCUT2D eigenvalue weighted by molar-refractivity contribution is 7.13. The first-order valence-electron chi connectivity index (χ1n) is 8.61. The van der Waals surface area contributed by atoms with E-state index in [9.17, 15) is 9.18 Å². The van der Waals surface area contributed by atoms with E-state index < -0.39 is 5.60 Å². The molecular weight excluding hydrogens is 387 g/mol. The van der Waals surface area contributed by atoms with Crippen molar-refractivity contribution in [3.8, 4) is 0 Å². The number of amides is 1. The van der Waals surface area contributed by atoms with Crippen LogP contribution in [0.25, 0.3) is 0 Å². The Labute approximate surface area is 166 Å². The van der Waals surface area contributed by atoms with Crippen LogP contribution in [0.15, 0.2) is 59.8 Å². The van der Waals surface area contributed by atoms with Crippen LogP contribution in [-0.2, 0) is 16.0 Å². The minimum Gasteiger partial charge on any atom is -0.478 e. The molecule has 0 fully saturated rings. The van der Waals surface area contributed by atoms with Gasteiger partial charge < -0.3 is 4.74 Å². The number of rotatable bonds is 7. The Hall–Kier alpha value is -2.18. The maximum Gasteiger partial charge on any atom is 0.270 e. The van der Waals surface area contributed by atoms with E-state index in [1.807, 2.05) is 12.2 Å². The van der Waals surface area contributed by atoms with Gasteiger partial charge in [-0.25, -0.2) is 9.37 Å². The first-order valence-corrected chi connectivity index (χ1v) is 9.93. The van der Waals surface area contributed by atoms with Crippen molar-refractivity contribution in [2.75, 3.05) is 5.32 Å². The zero-order valence-electron chi connectivity index (χ0n) is 14.8. The first kappa shape index (κ1) is 19.6. The summed E-state index contributed by atoms with van der Waals surface area (Å²) in [6.45, 7) is 1.75. The molecule has 1 aromatic heterocycles. The van der Waals surface area contributed by atoms with Gasteiger partial charge in [-0.2, -0.15) is 0 Å². The van der Waals surface area contributed by atoms with Crippen LogP contribution in [0.2, 0.25) is 0 Å². The molecule has 142 valence electrons. The normalized spacial score (nSPS) is 18.5. The van der Waals surface area contributed by atoms with Gasteiger partial charge >= 0.3 is 0 Å². The number of alkyl halides is 1. The highest BCUT2D eigenvalue weighted by atomic mass is 35.5. The van der Waals surface area contributed by atoms with Crippen molar-refractivity contribution in [1.29, 1.82) is 0 Å². The Morgan fingerprint density at radius 3 is 2.85 bits per heavy atom. The van der Waals surface area contributed by atoms with Crippen LogP contribution in [0.3, 0.4) is 0 Å². The number of carbonyl (C=O) groups is 1. The van der Waals surface area contributed by atoms with E-state index in [0.29, 0.717) is 30.2 Å². The van der Waals surface area contributed by atoms with E-state index in [1.165, 1.54) is 23.5 Å². The van der Waals surface area contributed by atoms with E-state index in [-0.39, 0.29) is 17.1 Å². The molecule has 1 heterocycles. The van der Waals surface area contributed by atoms with Crippen LogP contribution in [0.4, 0.5) is 9.52 Å². The molecule has 0 bridgehead atoms. The van der Waals surface area contributed by atoms with Gasteiger partial charge in [-0.1, -0.05) is 18.2 Å². The zero-order chi connectivity index (χ0) is 19.3. The number of hydrogen-bond donors (Lipinski definition) is 1. The molecule has 7 heteroatoms. The van der Waals surface area contributed by atoms with Gasteiger partial charge in [0, 0.05) is 18.0 Å². The average Bonchev–Trinajstić information content (AvgIpc) is 3.16. The Morgan fingerprint density at radius 2 is 2.22 bits per heavy atom. The number of aromatic nitrogens is 1. The predicted octanol–water partition coefficient (Wildman–Crippen LogP) is 5.08. The summed E-state index contributed by atoms with van der Waals surface area (Å²) in [6.07, 6.45) is 8.77. The summed E-state index contributed by atoms with van der Waals surface area (Å²) >= 11 is 7.40. The molecule has 3 rings (SSSR count). The Bertz CT molecular complexity index is 836. The van der Waals surface area contributed by atoms with Crippen molar-refractivity contribution >= 4 is 34.0 Å². The van der Waals surface area contributed by atoms with Crippen molar-refractivity contribution in [3.63, 3.8) is 0 Å². The second-order valence-corrected chi connectivity index (χ2v) is 7.92. The number of anilines is 1. The smallest absolute Gasteiger partial charge is 0.270 e. The second-order valence-electron chi connectivity index (χ2n) is 6.47. The van der Waals surface area contributed by atoms with E-state index in [1.54, 1.807) is 36.7 Å². The summed E-state index contributed by atoms with van der Waals surface area (Å²) in [6, 6.07) is 6.26. The highest BCUT2D eigenvalue weighted by Gasteiger charge is 2.36. The van der Waals surface area contributed by atoms with Crippen molar-refractivity contribution in [2.24, 2.45) is 0 Å². The molecule has 0 spiro atoms. The summed E-state index contributed by atoms with van der Waals surface area (Å²) in [7, 11) is 0. The molecule has 2 unspecified atom stereocenters. The third-order valence-electron chi connectivity index (χ3n) is 4.29. The van der Waals surface area contributed by atoms with Gasteiger partial charge in [-0.05, 0) is 49.6 Å². The minimum atomic E-state index is -1.12. The molecule has 0 saturated heterocycles. The lowest BCUT2D eigenvalue weighted by atomic mass is 9.95. The van der Waals surface area contributed by atoms with E-state index in [2.05, 4.69) is 10.3 Å². The lowest BCUT2D eigenvalue weighted by Gasteiger charge is -2.30. The van der Waals surface area contributed by atoms with Gasteiger partial charge in [-0.15, -0.1) is 22.9 Å². The predicted molar refractivity (Wildman–Crippen MR) is 106 cm³/mol. The van der Waals surface area contributed by atoms with Crippen LogP contribution >= 0.6 is 22.9 Å². The molecule has 27 heavy (non-hydrogen) atoms. The van der Waals surface area contributed by atoms with Crippen molar-refractivity contribution in [2.45, 2.75) is 37.2 Å². The Morgan fingerprint density at radius 1 is 1.44 bits per heavy atom. The average molecular weight is 407 g/mol. The first-order chi connectivity index (χ1) is 12.9. The number of aryl methyl sites for hydroxylation is 1. The minimum absolute atomic E-state index is 0.0630. The Kier molecular flexibility index (Phi) is 6.29. The summed E-state index contributed by atoms with van der Waals surface area (Å²) in [5.74, 6) is 0.0528. The number of carbonyl (C=O) groups excluding carboxylic acids is 1. The molecule has 4 nitrogen and oxygen atoms in total. The summed E-state index contributed by atoms with van der Waals surface area (Å²) < 4.78 is 19.2. The van der Waals surface area contributed by atoms with Gasteiger partial charge in [0.05, 0.1) is 5.38 Å². The highest BCUT2D eigenvalue weighted by Crippen LogP contribution is 2.28. The maximum atomic E-state index is 13.1. The van der Waals surface area contributed by atoms with Crippen LogP contribution < -0.4 is 5.32 Å². The van der Waals surface area contributed by atoms with Crippen molar-refractivity contribution in [3.05, 3.63) is 71.2 Å². The lowest BCUT2D eigenvalue weighted by molar-refractivity contribution is -0.134. The van der Waals surface area contributed by atoms with Gasteiger partial charge in [-0.3, -0.25) is 10.1 Å². The second kappa shape index (κ2) is 8.67. The fourth-order valence-corrected chi connectivity index (χ4v) is 3.36. The van der Waals surface area contributed by atoms with Gasteiger partial charge in [0.15, 0.2) is 10.7 Å². The zero-order valence-corrected chi connectivity index (χ0v) is 16.4. The molecular formula is C20H20ClFN2O2S. The fraction of sp³-hybridized carbons (Fsp3) is 0.300. The molecule has 1 aliphatic carbocycles. The van der Waals surface area contributed by atoms with E-state index in [0.717, 1.165) is 5.56 Å². The third-order valence-corrected chi connectivity index (χ3v) is 5.31. The molecule has 0 saturated carbocycles. The summed E-state index contributed by atoms with van der Waals surface area (Å²) in [4.78, 5) is 17.0. The van der Waals surface area contributed by atoms with Crippen molar-refractivity contribution in [1.82, 2.24) is 4.98 Å². The molecule has 1 N–H and O–H groups in total. The van der Waals surface area contributed by atoms with E-state index in [4.69, 9.17) is 16.3 Å². The number of thiazole rings is 1. The molecule has 1 amide bonds. The molecule has 0 radical (unpaired) electrons. The topological polar surface area (TPSA) is 51.2 Å². The standard InChI is InChI=1S/C20H20ClFN2O2S/c1-20(18(25)24-19-23-12-13-27-19,26-17-8-4-15(21)5-9-17)11-10-14-2-6-16(22)7-3-14/h2-4,6-9,12-13,15H,5,10-11H2,1H3,(H,23,24,25). The monoisotopic (exact) mass is 406 g/mol. The molecule has 0 aliphatic heterocycles. The van der Waals surface area contributed by atoms with E-state index >= 15 is 0 Å². The fourth-order valence-electron chi connectivity index (χ4n) is 2.67. The number of nitrogens with one attached hydrogen (secondary N) is 1. The van der Waals surface area contributed by atoms with Crippen LogP contribution in [0.1, 0.15) is 25.3 Å². The molecule has 1 aromatic carbocycles. The Balaban J connectivity index is 1.75. The SMILES string of the molecule is CC(CCc1ccc(F)cc1)(OC1=CCC(Cl)C=C1)C(=O)Nc1nccs1. The number of allylic oxidation sites excluding steroid dienone is 3. The quantitative estimate of drug-likeness (QED) is 0.652.